The molecule has 9 heteroatoms. The smallest absolute Gasteiger partial charge is 0.266 e. The Balaban J connectivity index is 1.90. The van der Waals surface area contributed by atoms with Crippen molar-refractivity contribution in [1.82, 2.24) is 4.98 Å². The Kier molecular flexibility index (Phi) is 6.76. The number of thiazole rings is 1. The number of amides is 2. The predicted molar refractivity (Wildman–Crippen MR) is 119 cm³/mol. The Morgan fingerprint density at radius 3 is 2.47 bits per heavy atom. The fraction of sp³-hybridized carbons (Fsp3) is 0.130. The second-order valence-corrected chi connectivity index (χ2v) is 7.73. The number of hydrogen-bond acceptors (Lipinski definition) is 5. The maximum Gasteiger partial charge on any atom is 0.266 e. The molecule has 0 bridgehead atoms. The molecule has 0 aliphatic carbocycles. The lowest BCUT2D eigenvalue weighted by Gasteiger charge is -2.18. The van der Waals surface area contributed by atoms with Gasteiger partial charge in [0.2, 0.25) is 5.91 Å². The topological polar surface area (TPSA) is 86.1 Å². The summed E-state index contributed by atoms with van der Waals surface area (Å²) in [7, 11) is 0. The van der Waals surface area contributed by atoms with Crippen molar-refractivity contribution in [2.24, 2.45) is 0 Å². The molecule has 2 aromatic carbocycles. The van der Waals surface area contributed by atoms with Crippen molar-refractivity contribution in [1.29, 1.82) is 5.26 Å². The summed E-state index contributed by atoms with van der Waals surface area (Å²) in [6.07, 6.45) is 1.28. The molecule has 2 amide bonds. The van der Waals surface area contributed by atoms with Crippen LogP contribution in [0.3, 0.4) is 0 Å². The first-order chi connectivity index (χ1) is 15.2. The van der Waals surface area contributed by atoms with Crippen molar-refractivity contribution in [2.45, 2.75) is 20.8 Å². The highest BCUT2D eigenvalue weighted by molar-refractivity contribution is 7.14. The minimum atomic E-state index is -0.918. The second kappa shape index (κ2) is 9.49. The number of nitrogens with one attached hydrogen (secondary N) is 1. The fourth-order valence-electron chi connectivity index (χ4n) is 3.00. The molecule has 3 aromatic rings. The van der Waals surface area contributed by atoms with Crippen LogP contribution in [0, 0.1) is 36.8 Å². The van der Waals surface area contributed by atoms with Gasteiger partial charge in [0.15, 0.2) is 5.13 Å². The molecule has 0 saturated carbocycles. The van der Waals surface area contributed by atoms with E-state index in [2.05, 4.69) is 10.3 Å². The average Bonchev–Trinajstić information content (AvgIpc) is 3.18. The normalized spacial score (nSPS) is 11.1. The molecule has 6 nitrogen and oxygen atoms in total. The molecule has 0 aliphatic rings. The lowest BCUT2D eigenvalue weighted by atomic mass is 10.1. The van der Waals surface area contributed by atoms with Crippen molar-refractivity contribution in [3.8, 4) is 6.07 Å². The number of carbonyl (C=O) groups is 2. The Labute approximate surface area is 187 Å². The molecular weight excluding hydrogens is 434 g/mol. The molecule has 1 N–H and O–H groups in total. The van der Waals surface area contributed by atoms with Crippen LogP contribution in [-0.4, -0.2) is 16.8 Å². The largest absolute Gasteiger partial charge is 0.321 e. The number of carbonyl (C=O) groups excluding carboxylic acids is 2. The van der Waals surface area contributed by atoms with Crippen molar-refractivity contribution < 1.29 is 18.4 Å². The van der Waals surface area contributed by atoms with E-state index in [1.165, 1.54) is 18.4 Å². The zero-order valence-corrected chi connectivity index (χ0v) is 18.3. The summed E-state index contributed by atoms with van der Waals surface area (Å²) in [5, 5.41) is 13.8. The Morgan fingerprint density at radius 1 is 1.19 bits per heavy atom. The molecule has 0 saturated heterocycles. The monoisotopic (exact) mass is 452 g/mol. The first kappa shape index (κ1) is 22.8. The number of rotatable bonds is 5. The quantitative estimate of drug-likeness (QED) is 0.422. The van der Waals surface area contributed by atoms with Gasteiger partial charge in [-0.15, -0.1) is 11.3 Å². The molecule has 1 heterocycles. The van der Waals surface area contributed by atoms with Gasteiger partial charge < -0.3 is 5.32 Å². The third kappa shape index (κ3) is 4.87. The van der Waals surface area contributed by atoms with Crippen LogP contribution in [0.25, 0.3) is 6.08 Å². The predicted octanol–water partition coefficient (Wildman–Crippen LogP) is 5.27. The summed E-state index contributed by atoms with van der Waals surface area (Å²) in [5.74, 6) is -2.83. The second-order valence-electron chi connectivity index (χ2n) is 6.90. The molecule has 0 radical (unpaired) electrons. The molecule has 0 aliphatic heterocycles. The van der Waals surface area contributed by atoms with E-state index in [4.69, 9.17) is 0 Å². The van der Waals surface area contributed by atoms with Gasteiger partial charge in [-0.1, -0.05) is 18.2 Å². The number of benzene rings is 2. The van der Waals surface area contributed by atoms with Gasteiger partial charge in [-0.3, -0.25) is 14.5 Å². The summed E-state index contributed by atoms with van der Waals surface area (Å²) < 4.78 is 27.5. The van der Waals surface area contributed by atoms with Crippen LogP contribution < -0.4 is 10.2 Å². The van der Waals surface area contributed by atoms with Crippen molar-refractivity contribution in [2.75, 3.05) is 10.2 Å². The van der Waals surface area contributed by atoms with E-state index in [-0.39, 0.29) is 22.1 Å². The number of nitriles is 1. The Bertz CT molecular complexity index is 1260. The summed E-state index contributed by atoms with van der Waals surface area (Å²) in [6.45, 7) is 4.91. The van der Waals surface area contributed by atoms with Gasteiger partial charge in [-0.05, 0) is 43.2 Å². The highest BCUT2D eigenvalue weighted by atomic mass is 32.1. The molecular formula is C23H18F2N4O2S. The van der Waals surface area contributed by atoms with Crippen LogP contribution in [0.4, 0.5) is 25.3 Å². The van der Waals surface area contributed by atoms with Crippen molar-refractivity contribution in [3.63, 3.8) is 0 Å². The third-order valence-electron chi connectivity index (χ3n) is 4.54. The number of para-hydroxylation sites is 1. The number of nitrogens with zero attached hydrogens (tertiary/aromatic N) is 3. The number of anilines is 3. The molecule has 1 aromatic heterocycles. The van der Waals surface area contributed by atoms with E-state index >= 15 is 0 Å². The van der Waals surface area contributed by atoms with Crippen LogP contribution in [-0.2, 0) is 9.59 Å². The van der Waals surface area contributed by atoms with Gasteiger partial charge in [0.25, 0.3) is 5.91 Å². The average molecular weight is 452 g/mol. The first-order valence-corrected chi connectivity index (χ1v) is 10.3. The van der Waals surface area contributed by atoms with Crippen LogP contribution in [0.15, 0.2) is 47.4 Å². The van der Waals surface area contributed by atoms with Gasteiger partial charge >= 0.3 is 0 Å². The zero-order valence-electron chi connectivity index (χ0n) is 17.4. The zero-order chi connectivity index (χ0) is 23.4. The van der Waals surface area contributed by atoms with Gasteiger partial charge in [-0.2, -0.15) is 5.26 Å². The van der Waals surface area contributed by atoms with Crippen LogP contribution in [0.2, 0.25) is 0 Å². The molecule has 162 valence electrons. The van der Waals surface area contributed by atoms with E-state index in [1.54, 1.807) is 0 Å². The Hall–Kier alpha value is -3.90. The van der Waals surface area contributed by atoms with Gasteiger partial charge in [0.05, 0.1) is 11.4 Å². The lowest BCUT2D eigenvalue weighted by molar-refractivity contribution is -0.116. The van der Waals surface area contributed by atoms with Crippen LogP contribution in [0.5, 0.6) is 0 Å². The SMILES string of the molecule is CC(=O)N(c1nc(/C=C(\C#N)C(=O)Nc2c(C)cccc2C)cs1)c1ccc(F)cc1F. The molecule has 0 atom stereocenters. The first-order valence-electron chi connectivity index (χ1n) is 9.42. The van der Waals surface area contributed by atoms with E-state index in [9.17, 15) is 23.6 Å². The van der Waals surface area contributed by atoms with E-state index in [0.717, 1.165) is 39.5 Å². The summed E-state index contributed by atoms with van der Waals surface area (Å²) in [6, 6.07) is 10.2. The summed E-state index contributed by atoms with van der Waals surface area (Å²) in [5.41, 5.74) is 2.22. The Morgan fingerprint density at radius 2 is 1.88 bits per heavy atom. The molecule has 32 heavy (non-hydrogen) atoms. The lowest BCUT2D eigenvalue weighted by Crippen LogP contribution is -2.23. The number of hydrogen-bond donors (Lipinski definition) is 1. The van der Waals surface area contributed by atoms with E-state index in [1.807, 2.05) is 38.1 Å². The van der Waals surface area contributed by atoms with Crippen LogP contribution in [0.1, 0.15) is 23.7 Å². The van der Waals surface area contributed by atoms with Crippen LogP contribution >= 0.6 is 11.3 Å². The molecule has 0 spiro atoms. The maximum absolute atomic E-state index is 14.2. The standard InChI is InChI=1S/C23H18F2N4O2S/c1-13-5-4-6-14(2)21(13)28-22(31)16(11-26)9-18-12-32-23(27-18)29(15(3)30)20-8-7-17(24)10-19(20)25/h4-10,12H,1-3H3,(H,28,31)/b16-9+. The highest BCUT2D eigenvalue weighted by Gasteiger charge is 2.22. The molecule has 0 unspecified atom stereocenters. The number of aryl methyl sites for hydroxylation is 2. The van der Waals surface area contributed by atoms with Crippen molar-refractivity contribution in [3.05, 3.63) is 75.8 Å². The fourth-order valence-corrected chi connectivity index (χ4v) is 3.84. The van der Waals surface area contributed by atoms with Crippen molar-refractivity contribution >= 4 is 45.7 Å². The van der Waals surface area contributed by atoms with E-state index < -0.39 is 23.4 Å². The van der Waals surface area contributed by atoms with E-state index in [0.29, 0.717) is 11.8 Å². The highest BCUT2D eigenvalue weighted by Crippen LogP contribution is 2.31. The minimum absolute atomic E-state index is 0.113. The maximum atomic E-state index is 14.2. The van der Waals surface area contributed by atoms with Gasteiger partial charge in [-0.25, -0.2) is 13.8 Å². The minimum Gasteiger partial charge on any atom is -0.321 e. The third-order valence-corrected chi connectivity index (χ3v) is 5.39. The number of aromatic nitrogens is 1. The molecule has 3 rings (SSSR count). The summed E-state index contributed by atoms with van der Waals surface area (Å²) >= 11 is 1.01. The summed E-state index contributed by atoms with van der Waals surface area (Å²) in [4.78, 5) is 30.0. The number of halogens is 2. The molecule has 0 fully saturated rings. The van der Waals surface area contributed by atoms with Gasteiger partial charge in [0, 0.05) is 24.1 Å². The van der Waals surface area contributed by atoms with Gasteiger partial charge in [0.1, 0.15) is 23.3 Å².